The third-order valence-electron chi connectivity index (χ3n) is 5.16. The van der Waals surface area contributed by atoms with Crippen LogP contribution < -0.4 is 14.4 Å². The van der Waals surface area contributed by atoms with Crippen molar-refractivity contribution in [1.82, 2.24) is 10.2 Å². The molecule has 1 N–H and O–H groups in total. The summed E-state index contributed by atoms with van der Waals surface area (Å²) in [7, 11) is -0.713. The van der Waals surface area contributed by atoms with Gasteiger partial charge in [0.1, 0.15) is 18.3 Å². The third-order valence-corrected chi connectivity index (χ3v) is 6.30. The number of rotatable bonds is 11. The number of sulfonamides is 1. The molecule has 0 unspecified atom stereocenters. The zero-order chi connectivity index (χ0) is 23.7. The molecule has 2 amide bonds. The maximum Gasteiger partial charge on any atom is 0.244 e. The molecule has 0 radical (unpaired) electrons. The highest BCUT2D eigenvalue weighted by Crippen LogP contribution is 2.22. The molecule has 0 saturated heterocycles. The Kier molecular flexibility index (Phi) is 9.07. The maximum absolute atomic E-state index is 13.4. The molecule has 0 aliphatic heterocycles. The molecule has 0 heterocycles. The zero-order valence-electron chi connectivity index (χ0n) is 18.9. The van der Waals surface area contributed by atoms with E-state index in [-0.39, 0.29) is 12.5 Å². The van der Waals surface area contributed by atoms with Crippen LogP contribution in [0.1, 0.15) is 18.9 Å². The molecule has 2 rings (SSSR count). The van der Waals surface area contributed by atoms with Gasteiger partial charge in [0, 0.05) is 13.6 Å². The van der Waals surface area contributed by atoms with E-state index < -0.39 is 28.5 Å². The second kappa shape index (κ2) is 11.5. The number of hydrogen-bond donors (Lipinski definition) is 1. The summed E-state index contributed by atoms with van der Waals surface area (Å²) in [5.74, 6) is -0.162. The molecule has 1 atom stereocenters. The number of benzene rings is 2. The molecular weight excluding hydrogens is 430 g/mol. The number of carbonyl (C=O) groups excluding carboxylic acids is 2. The van der Waals surface area contributed by atoms with Crippen molar-refractivity contribution < 1.29 is 22.7 Å². The molecule has 0 spiro atoms. The van der Waals surface area contributed by atoms with Crippen molar-refractivity contribution >= 4 is 27.5 Å². The lowest BCUT2D eigenvalue weighted by atomic mass is 10.1. The van der Waals surface area contributed by atoms with E-state index in [4.69, 9.17) is 4.74 Å². The minimum absolute atomic E-state index is 0.287. The van der Waals surface area contributed by atoms with E-state index in [1.165, 1.54) is 19.1 Å². The number of hydrogen-bond acceptors (Lipinski definition) is 5. The Morgan fingerprint density at radius 2 is 1.69 bits per heavy atom. The van der Waals surface area contributed by atoms with E-state index in [1.54, 1.807) is 24.3 Å². The topological polar surface area (TPSA) is 96.0 Å². The van der Waals surface area contributed by atoms with Gasteiger partial charge in [0.2, 0.25) is 21.8 Å². The molecule has 0 fully saturated rings. The average Bonchev–Trinajstić information content (AvgIpc) is 2.79. The number of ether oxygens (including phenoxy) is 1. The molecule has 0 aromatic heterocycles. The first kappa shape index (κ1) is 25.2. The lowest BCUT2D eigenvalue weighted by Crippen LogP contribution is -2.52. The van der Waals surface area contributed by atoms with Crippen molar-refractivity contribution in [1.29, 1.82) is 0 Å². The first-order valence-electron chi connectivity index (χ1n) is 10.4. The van der Waals surface area contributed by atoms with Crippen LogP contribution in [-0.2, 0) is 26.0 Å². The highest BCUT2D eigenvalue weighted by Gasteiger charge is 2.30. The molecule has 9 heteroatoms. The Balaban J connectivity index is 2.32. The molecule has 0 saturated carbocycles. The van der Waals surface area contributed by atoms with Crippen LogP contribution >= 0.6 is 0 Å². The van der Waals surface area contributed by atoms with Crippen molar-refractivity contribution in [3.63, 3.8) is 0 Å². The molecular formula is C23H31N3O5S. The fraction of sp³-hybridized carbons (Fsp3) is 0.391. The van der Waals surface area contributed by atoms with Crippen molar-refractivity contribution in [2.24, 2.45) is 0 Å². The molecule has 2 aromatic rings. The van der Waals surface area contributed by atoms with E-state index in [0.29, 0.717) is 24.3 Å². The summed E-state index contributed by atoms with van der Waals surface area (Å²) in [5.41, 5.74) is 1.37. The smallest absolute Gasteiger partial charge is 0.244 e. The standard InChI is InChI=1S/C23H31N3O5S/c1-5-21(23(28)24-2)25(16-15-18-9-7-6-8-10-18)22(27)17-26(32(4,29)30)19-11-13-20(31-3)14-12-19/h6-14,21H,5,15-17H2,1-4H3,(H,24,28)/t21-/m1/s1. The van der Waals surface area contributed by atoms with Gasteiger partial charge in [0.15, 0.2) is 0 Å². The second-order valence-electron chi connectivity index (χ2n) is 7.33. The van der Waals surface area contributed by atoms with Crippen molar-refractivity contribution in [2.75, 3.05) is 37.8 Å². The summed E-state index contributed by atoms with van der Waals surface area (Å²) < 4.78 is 31.2. The molecule has 32 heavy (non-hydrogen) atoms. The fourth-order valence-electron chi connectivity index (χ4n) is 3.42. The summed E-state index contributed by atoms with van der Waals surface area (Å²) >= 11 is 0. The van der Waals surface area contributed by atoms with Gasteiger partial charge in [-0.25, -0.2) is 8.42 Å². The third kappa shape index (κ3) is 6.71. The molecule has 8 nitrogen and oxygen atoms in total. The van der Waals surface area contributed by atoms with E-state index in [2.05, 4.69) is 5.32 Å². The van der Waals surface area contributed by atoms with Crippen LogP contribution in [0.2, 0.25) is 0 Å². The highest BCUT2D eigenvalue weighted by atomic mass is 32.2. The van der Waals surface area contributed by atoms with Gasteiger partial charge in [-0.05, 0) is 42.7 Å². The molecule has 2 aromatic carbocycles. The van der Waals surface area contributed by atoms with Crippen LogP contribution in [0.5, 0.6) is 5.75 Å². The summed E-state index contributed by atoms with van der Waals surface area (Å²) in [6, 6.07) is 15.3. The molecule has 174 valence electrons. The average molecular weight is 462 g/mol. The monoisotopic (exact) mass is 461 g/mol. The summed E-state index contributed by atoms with van der Waals surface area (Å²) in [5, 5.41) is 2.60. The van der Waals surface area contributed by atoms with Gasteiger partial charge in [-0.2, -0.15) is 0 Å². The fourth-order valence-corrected chi connectivity index (χ4v) is 4.27. The summed E-state index contributed by atoms with van der Waals surface area (Å²) in [4.78, 5) is 27.3. The summed E-state index contributed by atoms with van der Waals surface area (Å²) in [6.45, 7) is 1.70. The Hall–Kier alpha value is -3.07. The summed E-state index contributed by atoms with van der Waals surface area (Å²) in [6.07, 6.45) is 2.00. The molecule has 0 aliphatic carbocycles. The van der Waals surface area contributed by atoms with Gasteiger partial charge in [0.05, 0.1) is 19.1 Å². The first-order valence-corrected chi connectivity index (χ1v) is 12.2. The number of nitrogens with one attached hydrogen (secondary N) is 1. The van der Waals surface area contributed by atoms with Gasteiger partial charge in [-0.3, -0.25) is 13.9 Å². The lowest BCUT2D eigenvalue weighted by molar-refractivity contribution is -0.139. The Bertz CT molecular complexity index is 994. The molecule has 0 aliphatic rings. The van der Waals surface area contributed by atoms with Crippen LogP contribution in [0.4, 0.5) is 5.69 Å². The van der Waals surface area contributed by atoms with Crippen LogP contribution in [0, 0.1) is 0 Å². The van der Waals surface area contributed by atoms with Crippen LogP contribution in [0.15, 0.2) is 54.6 Å². The Morgan fingerprint density at radius 1 is 1.06 bits per heavy atom. The SMILES string of the molecule is CC[C@H](C(=O)NC)N(CCc1ccccc1)C(=O)CN(c1ccc(OC)cc1)S(C)(=O)=O. The first-order chi connectivity index (χ1) is 15.2. The predicted molar refractivity (Wildman–Crippen MR) is 125 cm³/mol. The van der Waals surface area contributed by atoms with Gasteiger partial charge in [-0.15, -0.1) is 0 Å². The van der Waals surface area contributed by atoms with Crippen LogP contribution in [0.25, 0.3) is 0 Å². The van der Waals surface area contributed by atoms with Crippen molar-refractivity contribution in [3.8, 4) is 5.75 Å². The number of methoxy groups -OCH3 is 1. The largest absolute Gasteiger partial charge is 0.497 e. The molecule has 0 bridgehead atoms. The van der Waals surface area contributed by atoms with Gasteiger partial charge >= 0.3 is 0 Å². The van der Waals surface area contributed by atoms with Crippen molar-refractivity contribution in [2.45, 2.75) is 25.8 Å². The Morgan fingerprint density at radius 3 is 2.19 bits per heavy atom. The van der Waals surface area contributed by atoms with E-state index in [0.717, 1.165) is 16.1 Å². The lowest BCUT2D eigenvalue weighted by Gasteiger charge is -2.32. The van der Waals surface area contributed by atoms with E-state index >= 15 is 0 Å². The number of nitrogens with zero attached hydrogens (tertiary/aromatic N) is 2. The number of amides is 2. The quantitative estimate of drug-likeness (QED) is 0.553. The predicted octanol–water partition coefficient (Wildman–Crippen LogP) is 2.06. The number of carbonyl (C=O) groups is 2. The van der Waals surface area contributed by atoms with E-state index in [1.807, 2.05) is 37.3 Å². The van der Waals surface area contributed by atoms with Gasteiger partial charge in [-0.1, -0.05) is 37.3 Å². The zero-order valence-corrected chi connectivity index (χ0v) is 19.8. The van der Waals surface area contributed by atoms with E-state index in [9.17, 15) is 18.0 Å². The normalized spacial score (nSPS) is 12.0. The number of anilines is 1. The minimum Gasteiger partial charge on any atom is -0.497 e. The van der Waals surface area contributed by atoms with Crippen LogP contribution in [-0.4, -0.2) is 64.7 Å². The van der Waals surface area contributed by atoms with Crippen molar-refractivity contribution in [3.05, 3.63) is 60.2 Å². The van der Waals surface area contributed by atoms with Gasteiger partial charge in [0.25, 0.3) is 0 Å². The Labute approximate surface area is 190 Å². The number of likely N-dealkylation sites (N-methyl/N-ethyl adjacent to an activating group) is 1. The van der Waals surface area contributed by atoms with Crippen LogP contribution in [0.3, 0.4) is 0 Å². The van der Waals surface area contributed by atoms with Gasteiger partial charge < -0.3 is 15.0 Å². The highest BCUT2D eigenvalue weighted by molar-refractivity contribution is 7.92. The second-order valence-corrected chi connectivity index (χ2v) is 9.24. The maximum atomic E-state index is 13.4. The minimum atomic E-state index is -3.75.